The van der Waals surface area contributed by atoms with E-state index < -0.39 is 15.8 Å². The smallest absolute Gasteiger partial charge is 0.243 e. The molecule has 9 heteroatoms. The van der Waals surface area contributed by atoms with Crippen LogP contribution >= 0.6 is 15.9 Å². The number of rotatable bonds is 5. The number of aryl methyl sites for hydroxylation is 1. The number of halogens is 2. The molecule has 26 heavy (non-hydrogen) atoms. The number of hydrogen-bond acceptors (Lipinski definition) is 5. The number of sulfonamides is 1. The van der Waals surface area contributed by atoms with Gasteiger partial charge in [-0.05, 0) is 42.8 Å². The van der Waals surface area contributed by atoms with Gasteiger partial charge < -0.3 is 4.52 Å². The Kier molecular flexibility index (Phi) is 5.22. The summed E-state index contributed by atoms with van der Waals surface area (Å²) in [6, 6.07) is 10.9. The third-order valence-corrected chi connectivity index (χ3v) is 6.19. The highest BCUT2D eigenvalue weighted by molar-refractivity contribution is 9.10. The van der Waals surface area contributed by atoms with E-state index in [1.165, 1.54) is 19.2 Å². The van der Waals surface area contributed by atoms with Crippen LogP contribution in [0.15, 0.2) is 56.4 Å². The summed E-state index contributed by atoms with van der Waals surface area (Å²) in [5.41, 5.74) is 1.08. The number of nitrogens with zero attached hydrogens (tertiary/aromatic N) is 3. The summed E-state index contributed by atoms with van der Waals surface area (Å²) in [5.74, 6) is 0.0375. The highest BCUT2D eigenvalue weighted by atomic mass is 79.9. The Morgan fingerprint density at radius 1 is 1.23 bits per heavy atom. The van der Waals surface area contributed by atoms with Crippen molar-refractivity contribution in [3.05, 3.63) is 64.2 Å². The Morgan fingerprint density at radius 2 is 2.00 bits per heavy atom. The molecule has 0 aliphatic rings. The zero-order valence-corrected chi connectivity index (χ0v) is 16.4. The Bertz CT molecular complexity index is 1050. The first-order chi connectivity index (χ1) is 12.3. The molecule has 0 saturated carbocycles. The number of hydrogen-bond donors (Lipinski definition) is 0. The van der Waals surface area contributed by atoms with Crippen LogP contribution in [0.2, 0.25) is 0 Å². The highest BCUT2D eigenvalue weighted by Crippen LogP contribution is 2.23. The second-order valence-corrected chi connectivity index (χ2v) is 8.62. The van der Waals surface area contributed by atoms with Crippen LogP contribution in [0.1, 0.15) is 11.5 Å². The van der Waals surface area contributed by atoms with Gasteiger partial charge in [0.25, 0.3) is 0 Å². The number of benzene rings is 2. The fraction of sp³-hybridized carbons (Fsp3) is 0.176. The average Bonchev–Trinajstić information content (AvgIpc) is 3.03. The summed E-state index contributed by atoms with van der Waals surface area (Å²) in [6.45, 7) is 1.45. The lowest BCUT2D eigenvalue weighted by Crippen LogP contribution is -2.27. The second-order valence-electron chi connectivity index (χ2n) is 5.69. The maximum Gasteiger partial charge on any atom is 0.243 e. The molecule has 136 valence electrons. The molecule has 0 aliphatic carbocycles. The SMILES string of the molecule is Cc1cc(F)ccc1S(=O)(=O)N(C)Cc1nc(-c2cccc(Br)c2)no1. The third kappa shape index (κ3) is 3.84. The van der Waals surface area contributed by atoms with Gasteiger partial charge in [-0.2, -0.15) is 9.29 Å². The van der Waals surface area contributed by atoms with E-state index >= 15 is 0 Å². The lowest BCUT2D eigenvalue weighted by molar-refractivity contribution is 0.336. The zero-order chi connectivity index (χ0) is 18.9. The Balaban J connectivity index is 1.83. The zero-order valence-electron chi connectivity index (χ0n) is 14.0. The molecular formula is C17H15BrFN3O3S. The first-order valence-corrected chi connectivity index (χ1v) is 9.81. The first-order valence-electron chi connectivity index (χ1n) is 7.58. The van der Waals surface area contributed by atoms with E-state index in [-0.39, 0.29) is 17.3 Å². The summed E-state index contributed by atoms with van der Waals surface area (Å²) in [5, 5.41) is 3.89. The summed E-state index contributed by atoms with van der Waals surface area (Å²) in [4.78, 5) is 4.28. The van der Waals surface area contributed by atoms with E-state index in [2.05, 4.69) is 26.1 Å². The van der Waals surface area contributed by atoms with Gasteiger partial charge in [-0.3, -0.25) is 0 Å². The monoisotopic (exact) mass is 439 g/mol. The molecule has 0 atom stereocenters. The molecule has 2 aromatic carbocycles. The molecule has 0 amide bonds. The highest BCUT2D eigenvalue weighted by Gasteiger charge is 2.25. The molecule has 0 N–H and O–H groups in total. The molecule has 0 aliphatic heterocycles. The molecule has 6 nitrogen and oxygen atoms in total. The fourth-order valence-electron chi connectivity index (χ4n) is 2.41. The molecular weight excluding hydrogens is 425 g/mol. The van der Waals surface area contributed by atoms with Crippen molar-refractivity contribution in [2.45, 2.75) is 18.4 Å². The van der Waals surface area contributed by atoms with E-state index in [1.54, 1.807) is 6.92 Å². The van der Waals surface area contributed by atoms with Crippen molar-refractivity contribution in [3.63, 3.8) is 0 Å². The fourth-order valence-corrected chi connectivity index (χ4v) is 4.13. The van der Waals surface area contributed by atoms with Crippen molar-refractivity contribution in [1.82, 2.24) is 14.4 Å². The molecule has 3 rings (SSSR count). The Hall–Kier alpha value is -2.10. The van der Waals surface area contributed by atoms with Crippen LogP contribution in [0.4, 0.5) is 4.39 Å². The average molecular weight is 440 g/mol. The minimum atomic E-state index is -3.82. The Labute approximate surface area is 158 Å². The third-order valence-electron chi connectivity index (χ3n) is 3.73. The normalized spacial score (nSPS) is 11.9. The standard InChI is InChI=1S/C17H15BrFN3O3S/c1-11-8-14(19)6-7-15(11)26(23,24)22(2)10-16-20-17(21-25-16)12-4-3-5-13(18)9-12/h3-9H,10H2,1-2H3. The molecule has 0 saturated heterocycles. The van der Waals surface area contributed by atoms with E-state index in [9.17, 15) is 12.8 Å². The van der Waals surface area contributed by atoms with Gasteiger partial charge in [0.15, 0.2) is 0 Å². The molecule has 0 radical (unpaired) electrons. The van der Waals surface area contributed by atoms with Crippen LogP contribution in [0.5, 0.6) is 0 Å². The van der Waals surface area contributed by atoms with Gasteiger partial charge in [0.2, 0.25) is 21.7 Å². The van der Waals surface area contributed by atoms with E-state index in [0.717, 1.165) is 20.4 Å². The largest absolute Gasteiger partial charge is 0.338 e. The summed E-state index contributed by atoms with van der Waals surface area (Å²) >= 11 is 3.37. The molecule has 1 heterocycles. The van der Waals surface area contributed by atoms with Crippen molar-refractivity contribution in [1.29, 1.82) is 0 Å². The molecule has 3 aromatic rings. The summed E-state index contributed by atoms with van der Waals surface area (Å²) < 4.78 is 45.8. The van der Waals surface area contributed by atoms with Crippen molar-refractivity contribution in [2.24, 2.45) is 0 Å². The summed E-state index contributed by atoms with van der Waals surface area (Å²) in [7, 11) is -2.41. The van der Waals surface area contributed by atoms with Crippen LogP contribution < -0.4 is 0 Å². The lowest BCUT2D eigenvalue weighted by atomic mass is 10.2. The maximum atomic E-state index is 13.2. The van der Waals surface area contributed by atoms with Gasteiger partial charge in [-0.25, -0.2) is 12.8 Å². The molecule has 1 aromatic heterocycles. The van der Waals surface area contributed by atoms with Gasteiger partial charge in [-0.15, -0.1) is 0 Å². The summed E-state index contributed by atoms with van der Waals surface area (Å²) in [6.07, 6.45) is 0. The van der Waals surface area contributed by atoms with Gasteiger partial charge in [0, 0.05) is 17.1 Å². The number of aromatic nitrogens is 2. The maximum absolute atomic E-state index is 13.2. The minimum absolute atomic E-state index is 0.0353. The van der Waals surface area contributed by atoms with Crippen molar-refractivity contribution < 1.29 is 17.3 Å². The molecule has 0 unspecified atom stereocenters. The molecule has 0 fully saturated rings. The van der Waals surface area contributed by atoms with Crippen molar-refractivity contribution in [2.75, 3.05) is 7.05 Å². The predicted molar refractivity (Wildman–Crippen MR) is 97.2 cm³/mol. The molecule has 0 spiro atoms. The Morgan fingerprint density at radius 3 is 2.69 bits per heavy atom. The van der Waals surface area contributed by atoms with Crippen molar-refractivity contribution in [3.8, 4) is 11.4 Å². The van der Waals surface area contributed by atoms with Crippen LogP contribution in [0.25, 0.3) is 11.4 Å². The van der Waals surface area contributed by atoms with E-state index in [1.807, 2.05) is 24.3 Å². The van der Waals surface area contributed by atoms with Gasteiger partial charge in [-0.1, -0.05) is 33.2 Å². The van der Waals surface area contributed by atoms with E-state index in [4.69, 9.17) is 4.52 Å². The predicted octanol–water partition coefficient (Wildman–Crippen LogP) is 3.77. The van der Waals surface area contributed by atoms with Crippen LogP contribution in [-0.2, 0) is 16.6 Å². The topological polar surface area (TPSA) is 76.3 Å². The van der Waals surface area contributed by atoms with Crippen LogP contribution in [0.3, 0.4) is 0 Å². The minimum Gasteiger partial charge on any atom is -0.338 e. The van der Waals surface area contributed by atoms with Crippen LogP contribution in [-0.4, -0.2) is 29.9 Å². The lowest BCUT2D eigenvalue weighted by Gasteiger charge is -2.16. The quantitative estimate of drug-likeness (QED) is 0.604. The van der Waals surface area contributed by atoms with Gasteiger partial charge >= 0.3 is 0 Å². The van der Waals surface area contributed by atoms with Crippen molar-refractivity contribution >= 4 is 26.0 Å². The van der Waals surface area contributed by atoms with Gasteiger partial charge in [0.05, 0.1) is 11.4 Å². The van der Waals surface area contributed by atoms with E-state index in [0.29, 0.717) is 11.4 Å². The molecule has 0 bridgehead atoms. The van der Waals surface area contributed by atoms with Crippen LogP contribution in [0, 0.1) is 12.7 Å². The first kappa shape index (κ1) is 18.7. The van der Waals surface area contributed by atoms with Gasteiger partial charge in [0.1, 0.15) is 5.82 Å². The second kappa shape index (κ2) is 7.26.